The molecule has 0 amide bonds. The molecule has 0 saturated carbocycles. The first kappa shape index (κ1) is 33.4. The smallest absolute Gasteiger partial charge is 0.147 e. The summed E-state index contributed by atoms with van der Waals surface area (Å²) >= 11 is 0. The highest BCUT2D eigenvalue weighted by molar-refractivity contribution is 5.75. The van der Waals surface area contributed by atoms with Crippen LogP contribution in [0.3, 0.4) is 0 Å². The molecule has 0 unspecified atom stereocenters. The number of aryl methyl sites for hydroxylation is 1. The third-order valence-electron chi connectivity index (χ3n) is 9.95. The lowest BCUT2D eigenvalue weighted by atomic mass is 9.72. The van der Waals surface area contributed by atoms with E-state index in [2.05, 4.69) is 120 Å². The van der Waals surface area contributed by atoms with Crippen LogP contribution in [-0.2, 0) is 17.3 Å². The van der Waals surface area contributed by atoms with Gasteiger partial charge in [-0.2, -0.15) is 0 Å². The van der Waals surface area contributed by atoms with Crippen LogP contribution in [0.1, 0.15) is 127 Å². The van der Waals surface area contributed by atoms with Crippen molar-refractivity contribution in [2.45, 2.75) is 116 Å². The molecule has 4 heteroatoms. The molecule has 5 rings (SSSR count). The molecule has 46 heavy (non-hydrogen) atoms. The van der Waals surface area contributed by atoms with Crippen molar-refractivity contribution in [3.8, 4) is 11.4 Å². The van der Waals surface area contributed by atoms with E-state index in [0.29, 0.717) is 5.69 Å². The van der Waals surface area contributed by atoms with E-state index < -0.39 is 5.41 Å². The molecule has 0 aliphatic rings. The maximum Gasteiger partial charge on any atom is 0.147 e. The molecule has 0 atom stereocenters. The van der Waals surface area contributed by atoms with E-state index in [1.54, 1.807) is 4.80 Å². The second kappa shape index (κ2) is 15.1. The summed E-state index contributed by atoms with van der Waals surface area (Å²) < 4.78 is 0. The Kier molecular flexibility index (Phi) is 11.0. The second-order valence-electron chi connectivity index (χ2n) is 14.1. The lowest BCUT2D eigenvalue weighted by molar-refractivity contribution is 0.445. The lowest BCUT2D eigenvalue weighted by Crippen LogP contribution is -2.24. The van der Waals surface area contributed by atoms with Gasteiger partial charge in [-0.25, -0.2) is 0 Å². The number of aromatic nitrogens is 3. The molecular formula is C42H53N3O. The van der Waals surface area contributed by atoms with Gasteiger partial charge in [-0.05, 0) is 53.3 Å². The maximum absolute atomic E-state index is 11.9. The monoisotopic (exact) mass is 615 g/mol. The summed E-state index contributed by atoms with van der Waals surface area (Å²) in [6.07, 6.45) is 14.5. The van der Waals surface area contributed by atoms with E-state index in [0.717, 1.165) is 34.1 Å². The molecule has 4 aromatic carbocycles. The number of nitrogens with zero attached hydrogens (tertiary/aromatic N) is 3. The fourth-order valence-electron chi connectivity index (χ4n) is 6.68. The zero-order valence-corrected chi connectivity index (χ0v) is 28.7. The Labute approximate surface area is 276 Å². The minimum atomic E-state index is -0.447. The molecule has 5 aromatic rings. The van der Waals surface area contributed by atoms with Gasteiger partial charge < -0.3 is 5.11 Å². The third kappa shape index (κ3) is 7.71. The first-order chi connectivity index (χ1) is 22.2. The Morgan fingerprint density at radius 2 is 1.11 bits per heavy atom. The molecular weight excluding hydrogens is 562 g/mol. The topological polar surface area (TPSA) is 50.9 Å². The SMILES string of the molecule is CCCCCCCCCCCCc1ccc2nn(-c3cc(C(C)(C)c4ccccc4)cc(C(C)(C)c4ccccc4)c3O)nc2c1. The minimum Gasteiger partial charge on any atom is -0.505 e. The summed E-state index contributed by atoms with van der Waals surface area (Å²) in [7, 11) is 0. The van der Waals surface area contributed by atoms with Crippen LogP contribution in [0.5, 0.6) is 5.75 Å². The zero-order chi connectivity index (χ0) is 32.6. The van der Waals surface area contributed by atoms with Gasteiger partial charge in [0.15, 0.2) is 0 Å². The molecule has 0 radical (unpaired) electrons. The van der Waals surface area contributed by atoms with Gasteiger partial charge in [-0.1, -0.05) is 165 Å². The largest absolute Gasteiger partial charge is 0.505 e. The summed E-state index contributed by atoms with van der Waals surface area (Å²) in [5.74, 6) is 0.215. The second-order valence-corrected chi connectivity index (χ2v) is 14.1. The van der Waals surface area contributed by atoms with Crippen molar-refractivity contribution in [1.29, 1.82) is 0 Å². The molecule has 4 nitrogen and oxygen atoms in total. The van der Waals surface area contributed by atoms with Gasteiger partial charge >= 0.3 is 0 Å². The van der Waals surface area contributed by atoms with Crippen LogP contribution >= 0.6 is 0 Å². The predicted molar refractivity (Wildman–Crippen MR) is 193 cm³/mol. The zero-order valence-electron chi connectivity index (χ0n) is 28.7. The number of hydrogen-bond donors (Lipinski definition) is 1. The summed E-state index contributed by atoms with van der Waals surface area (Å²) in [6.45, 7) is 11.1. The molecule has 1 heterocycles. The average molecular weight is 616 g/mol. The van der Waals surface area contributed by atoms with Crippen molar-refractivity contribution in [2.75, 3.05) is 0 Å². The molecule has 242 valence electrons. The van der Waals surface area contributed by atoms with Gasteiger partial charge in [0, 0.05) is 16.4 Å². The number of benzene rings is 4. The van der Waals surface area contributed by atoms with Gasteiger partial charge in [0.1, 0.15) is 22.5 Å². The molecule has 0 bridgehead atoms. The number of unbranched alkanes of at least 4 members (excludes halogenated alkanes) is 9. The number of aromatic hydroxyl groups is 1. The minimum absolute atomic E-state index is 0.215. The number of fused-ring (bicyclic) bond motifs is 1. The highest BCUT2D eigenvalue weighted by Gasteiger charge is 2.32. The van der Waals surface area contributed by atoms with Crippen molar-refractivity contribution in [1.82, 2.24) is 15.0 Å². The van der Waals surface area contributed by atoms with Crippen molar-refractivity contribution in [3.63, 3.8) is 0 Å². The normalized spacial score (nSPS) is 12.2. The van der Waals surface area contributed by atoms with Gasteiger partial charge in [-0.3, -0.25) is 0 Å². The van der Waals surface area contributed by atoms with E-state index in [9.17, 15) is 5.11 Å². The standard InChI is InChI=1S/C42H53N3O/c1-6-7-8-9-10-11-12-13-14-17-22-32-27-28-37-38(29-32)44-45(43-37)39-31-35(41(2,3)33-23-18-15-19-24-33)30-36(40(39)46)42(4,5)34-25-20-16-21-26-34/h15-16,18-21,23-31,46H,6-14,17,22H2,1-5H3. The summed E-state index contributed by atoms with van der Waals surface area (Å²) in [5.41, 5.74) is 7.17. The molecule has 0 fully saturated rings. The number of hydrogen-bond acceptors (Lipinski definition) is 3. The first-order valence-corrected chi connectivity index (χ1v) is 17.6. The van der Waals surface area contributed by atoms with E-state index in [1.165, 1.54) is 75.3 Å². The van der Waals surface area contributed by atoms with Gasteiger partial charge in [0.2, 0.25) is 0 Å². The maximum atomic E-state index is 11.9. The van der Waals surface area contributed by atoms with Crippen molar-refractivity contribution in [3.05, 3.63) is 119 Å². The van der Waals surface area contributed by atoms with Crippen LogP contribution in [0.15, 0.2) is 91.0 Å². The van der Waals surface area contributed by atoms with Crippen molar-refractivity contribution < 1.29 is 5.11 Å². The summed E-state index contributed by atoms with van der Waals surface area (Å²) in [5, 5.41) is 21.8. The molecule has 0 spiro atoms. The van der Waals surface area contributed by atoms with E-state index in [4.69, 9.17) is 10.2 Å². The third-order valence-corrected chi connectivity index (χ3v) is 9.95. The van der Waals surface area contributed by atoms with Crippen molar-refractivity contribution in [2.24, 2.45) is 0 Å². The van der Waals surface area contributed by atoms with Gasteiger partial charge in [0.05, 0.1) is 0 Å². The first-order valence-electron chi connectivity index (χ1n) is 17.6. The van der Waals surface area contributed by atoms with Gasteiger partial charge in [-0.15, -0.1) is 15.0 Å². The van der Waals surface area contributed by atoms with Crippen LogP contribution < -0.4 is 0 Å². The van der Waals surface area contributed by atoms with Crippen LogP contribution in [0, 0.1) is 0 Å². The summed E-state index contributed by atoms with van der Waals surface area (Å²) in [4.78, 5) is 1.64. The molecule has 0 aliphatic heterocycles. The van der Waals surface area contributed by atoms with Gasteiger partial charge in [0.25, 0.3) is 0 Å². The average Bonchev–Trinajstić information content (AvgIpc) is 3.49. The molecule has 1 N–H and O–H groups in total. The van der Waals surface area contributed by atoms with Crippen LogP contribution in [0.2, 0.25) is 0 Å². The predicted octanol–water partition coefficient (Wildman–Crippen LogP) is 11.2. The van der Waals surface area contributed by atoms with Crippen LogP contribution in [-0.4, -0.2) is 20.1 Å². The van der Waals surface area contributed by atoms with Crippen LogP contribution in [0.4, 0.5) is 0 Å². The fourth-order valence-corrected chi connectivity index (χ4v) is 6.68. The highest BCUT2D eigenvalue weighted by atomic mass is 16.3. The molecule has 0 aliphatic carbocycles. The Hall–Kier alpha value is -3.92. The van der Waals surface area contributed by atoms with Crippen LogP contribution in [0.25, 0.3) is 16.7 Å². The van der Waals surface area contributed by atoms with E-state index >= 15 is 0 Å². The quantitative estimate of drug-likeness (QED) is 0.112. The fraction of sp³-hybridized carbons (Fsp3) is 0.429. The summed E-state index contributed by atoms with van der Waals surface area (Å²) in [6, 6.07) is 31.7. The Morgan fingerprint density at radius 1 is 0.565 bits per heavy atom. The van der Waals surface area contributed by atoms with E-state index in [1.807, 2.05) is 6.07 Å². The van der Waals surface area contributed by atoms with Crippen molar-refractivity contribution >= 4 is 11.0 Å². The molecule has 0 saturated heterocycles. The van der Waals surface area contributed by atoms with E-state index in [-0.39, 0.29) is 11.2 Å². The number of phenols is 1. The Bertz CT molecular complexity index is 1680. The Morgan fingerprint density at radius 3 is 1.72 bits per heavy atom. The lowest BCUT2D eigenvalue weighted by Gasteiger charge is -2.32. The Balaban J connectivity index is 1.40. The number of rotatable bonds is 16. The highest BCUT2D eigenvalue weighted by Crippen LogP contribution is 2.44. The molecule has 1 aromatic heterocycles. The number of phenolic OH excluding ortho intramolecular Hbond substituents is 1.